The second-order valence-electron chi connectivity index (χ2n) is 3.90. The van der Waals surface area contributed by atoms with Crippen LogP contribution in [-0.4, -0.2) is 35.5 Å². The van der Waals surface area contributed by atoms with Crippen molar-refractivity contribution >= 4 is 6.34 Å². The van der Waals surface area contributed by atoms with Crippen LogP contribution < -0.4 is 0 Å². The van der Waals surface area contributed by atoms with E-state index >= 15 is 0 Å². The molecule has 0 fully saturated rings. The second-order valence-corrected chi connectivity index (χ2v) is 3.90. The van der Waals surface area contributed by atoms with E-state index in [1.165, 1.54) is 25.7 Å². The number of hydrogen-bond acceptors (Lipinski definition) is 3. The van der Waals surface area contributed by atoms with Crippen molar-refractivity contribution in [2.24, 2.45) is 5.10 Å². The molecule has 1 heterocycles. The van der Waals surface area contributed by atoms with Crippen molar-refractivity contribution in [1.29, 1.82) is 0 Å². The number of nitrogens with zero attached hydrogens (tertiary/aromatic N) is 3. The highest BCUT2D eigenvalue weighted by atomic mass is 15.6. The molecular formula is C11H23N3. The van der Waals surface area contributed by atoms with E-state index in [1.807, 2.05) is 6.34 Å². The number of hydrazone groups is 1. The molecule has 0 saturated carbocycles. The largest absolute Gasteiger partial charge is 0.339 e. The molecule has 0 aliphatic carbocycles. The summed E-state index contributed by atoms with van der Waals surface area (Å²) in [5, 5.41) is 6.70. The third kappa shape index (κ3) is 2.63. The maximum atomic E-state index is 4.46. The van der Waals surface area contributed by atoms with Crippen LogP contribution in [0.5, 0.6) is 0 Å². The maximum absolute atomic E-state index is 4.46. The summed E-state index contributed by atoms with van der Waals surface area (Å²) < 4.78 is 0. The fraction of sp³-hybridized carbons (Fsp3) is 0.909. The summed E-state index contributed by atoms with van der Waals surface area (Å²) in [5.74, 6) is 0. The van der Waals surface area contributed by atoms with Crippen LogP contribution in [0.1, 0.15) is 46.5 Å². The standard InChI is InChI=1S/C11H23N3/c1-4-7-11-13(8-5-2)10-12-14(11)9-6-3/h10-11H,4-9H2,1-3H3. The molecule has 1 atom stereocenters. The van der Waals surface area contributed by atoms with E-state index in [0.29, 0.717) is 6.17 Å². The minimum atomic E-state index is 0.528. The number of rotatable bonds is 6. The van der Waals surface area contributed by atoms with Gasteiger partial charge in [-0.2, -0.15) is 5.10 Å². The molecule has 82 valence electrons. The van der Waals surface area contributed by atoms with Crippen LogP contribution in [0.25, 0.3) is 0 Å². The highest BCUT2D eigenvalue weighted by molar-refractivity contribution is 5.57. The Morgan fingerprint density at radius 2 is 1.79 bits per heavy atom. The smallest absolute Gasteiger partial charge is 0.119 e. The van der Waals surface area contributed by atoms with Crippen molar-refractivity contribution in [1.82, 2.24) is 9.91 Å². The van der Waals surface area contributed by atoms with Gasteiger partial charge in [-0.15, -0.1) is 0 Å². The summed E-state index contributed by atoms with van der Waals surface area (Å²) >= 11 is 0. The molecule has 0 saturated heterocycles. The Balaban J connectivity index is 2.49. The zero-order valence-electron chi connectivity index (χ0n) is 9.74. The summed E-state index contributed by atoms with van der Waals surface area (Å²) in [6, 6.07) is 0. The van der Waals surface area contributed by atoms with Crippen molar-refractivity contribution in [3.05, 3.63) is 0 Å². The normalized spacial score (nSPS) is 20.9. The van der Waals surface area contributed by atoms with Gasteiger partial charge in [0.1, 0.15) is 12.5 Å². The zero-order valence-corrected chi connectivity index (χ0v) is 9.74. The Morgan fingerprint density at radius 3 is 2.36 bits per heavy atom. The minimum Gasteiger partial charge on any atom is -0.339 e. The third-order valence-electron chi connectivity index (χ3n) is 2.56. The molecule has 0 radical (unpaired) electrons. The Bertz CT molecular complexity index is 163. The van der Waals surface area contributed by atoms with Gasteiger partial charge in [-0.25, -0.2) is 0 Å². The van der Waals surface area contributed by atoms with Gasteiger partial charge in [-0.1, -0.05) is 27.2 Å². The molecule has 3 nitrogen and oxygen atoms in total. The lowest BCUT2D eigenvalue weighted by atomic mass is 10.2. The first-order chi connectivity index (χ1) is 6.83. The predicted molar refractivity (Wildman–Crippen MR) is 61.2 cm³/mol. The summed E-state index contributed by atoms with van der Waals surface area (Å²) in [6.45, 7) is 8.89. The van der Waals surface area contributed by atoms with Gasteiger partial charge in [0, 0.05) is 13.1 Å². The first kappa shape index (κ1) is 11.3. The van der Waals surface area contributed by atoms with Crippen molar-refractivity contribution in [2.45, 2.75) is 52.6 Å². The van der Waals surface area contributed by atoms with E-state index < -0.39 is 0 Å². The van der Waals surface area contributed by atoms with Gasteiger partial charge in [-0.05, 0) is 19.3 Å². The highest BCUT2D eigenvalue weighted by Crippen LogP contribution is 2.17. The van der Waals surface area contributed by atoms with Gasteiger partial charge in [0.05, 0.1) is 0 Å². The first-order valence-electron chi connectivity index (χ1n) is 5.89. The average molecular weight is 197 g/mol. The van der Waals surface area contributed by atoms with E-state index in [9.17, 15) is 0 Å². The topological polar surface area (TPSA) is 18.8 Å². The Kier molecular flexibility index (Phi) is 4.77. The average Bonchev–Trinajstić information content (AvgIpc) is 2.52. The molecule has 1 unspecified atom stereocenters. The molecule has 1 rings (SSSR count). The SMILES string of the molecule is CCCC1N(CCC)C=NN1CCC. The molecule has 3 heteroatoms. The Labute approximate surface area is 87.8 Å². The van der Waals surface area contributed by atoms with Crippen LogP contribution in [0.15, 0.2) is 5.10 Å². The lowest BCUT2D eigenvalue weighted by Gasteiger charge is -2.30. The molecule has 0 aromatic rings. The molecule has 0 aromatic heterocycles. The highest BCUT2D eigenvalue weighted by Gasteiger charge is 2.25. The second kappa shape index (κ2) is 5.89. The van der Waals surface area contributed by atoms with Gasteiger partial charge in [-0.3, -0.25) is 5.01 Å². The van der Waals surface area contributed by atoms with Gasteiger partial charge in [0.25, 0.3) is 0 Å². The lowest BCUT2D eigenvalue weighted by Crippen LogP contribution is -2.40. The fourth-order valence-corrected chi connectivity index (χ4v) is 1.93. The van der Waals surface area contributed by atoms with Gasteiger partial charge in [0.15, 0.2) is 0 Å². The van der Waals surface area contributed by atoms with Gasteiger partial charge in [0.2, 0.25) is 0 Å². The molecule has 1 aliphatic heterocycles. The van der Waals surface area contributed by atoms with Gasteiger partial charge >= 0.3 is 0 Å². The fourth-order valence-electron chi connectivity index (χ4n) is 1.93. The van der Waals surface area contributed by atoms with Crippen molar-refractivity contribution in [3.8, 4) is 0 Å². The zero-order chi connectivity index (χ0) is 10.4. The maximum Gasteiger partial charge on any atom is 0.119 e. The van der Waals surface area contributed by atoms with E-state index in [-0.39, 0.29) is 0 Å². The lowest BCUT2D eigenvalue weighted by molar-refractivity contribution is 0.121. The molecule has 0 amide bonds. The molecule has 0 spiro atoms. The van der Waals surface area contributed by atoms with Crippen molar-refractivity contribution < 1.29 is 0 Å². The van der Waals surface area contributed by atoms with Crippen LogP contribution in [0.4, 0.5) is 0 Å². The molecule has 1 aliphatic rings. The molecule has 0 aromatic carbocycles. The van der Waals surface area contributed by atoms with Crippen LogP contribution >= 0.6 is 0 Å². The van der Waals surface area contributed by atoms with Gasteiger partial charge < -0.3 is 4.90 Å². The summed E-state index contributed by atoms with van der Waals surface area (Å²) in [5.41, 5.74) is 0. The van der Waals surface area contributed by atoms with Crippen molar-refractivity contribution in [2.75, 3.05) is 13.1 Å². The Hall–Kier alpha value is -0.730. The predicted octanol–water partition coefficient (Wildman–Crippen LogP) is 2.49. The molecule has 0 N–H and O–H groups in total. The van der Waals surface area contributed by atoms with E-state index in [2.05, 4.69) is 35.8 Å². The summed E-state index contributed by atoms with van der Waals surface area (Å²) in [4.78, 5) is 2.37. The quantitative estimate of drug-likeness (QED) is 0.651. The van der Waals surface area contributed by atoms with Crippen molar-refractivity contribution in [3.63, 3.8) is 0 Å². The Morgan fingerprint density at radius 1 is 1.07 bits per heavy atom. The third-order valence-corrected chi connectivity index (χ3v) is 2.56. The molecule has 0 bridgehead atoms. The minimum absolute atomic E-state index is 0.528. The molecule has 14 heavy (non-hydrogen) atoms. The summed E-state index contributed by atoms with van der Waals surface area (Å²) in [7, 11) is 0. The van der Waals surface area contributed by atoms with Crippen LogP contribution in [-0.2, 0) is 0 Å². The first-order valence-corrected chi connectivity index (χ1v) is 5.89. The van der Waals surface area contributed by atoms with E-state index in [1.54, 1.807) is 0 Å². The van der Waals surface area contributed by atoms with E-state index in [0.717, 1.165) is 13.1 Å². The van der Waals surface area contributed by atoms with E-state index in [4.69, 9.17) is 0 Å². The van der Waals surface area contributed by atoms with Crippen LogP contribution in [0.3, 0.4) is 0 Å². The number of hydrogen-bond donors (Lipinski definition) is 0. The summed E-state index contributed by atoms with van der Waals surface area (Å²) in [6.07, 6.45) is 7.37. The molecular weight excluding hydrogens is 174 g/mol. The van der Waals surface area contributed by atoms with Crippen LogP contribution in [0.2, 0.25) is 0 Å². The van der Waals surface area contributed by atoms with Crippen LogP contribution in [0, 0.1) is 0 Å². The monoisotopic (exact) mass is 197 g/mol.